The molecule has 0 heterocycles. The van der Waals surface area contributed by atoms with Crippen LogP contribution in [0.2, 0.25) is 0 Å². The minimum Gasteiger partial charge on any atom is -0.465 e. The molecular formula is C20H27NO5. The summed E-state index contributed by atoms with van der Waals surface area (Å²) in [7, 11) is 1.31. The SMILES string of the molecule is COC(=O)c1ccc(/C=C/C(=O)O[C@@H](C)C(=O)N(C(C)C)C(C)C)cc1. The van der Waals surface area contributed by atoms with E-state index in [1.54, 1.807) is 42.2 Å². The van der Waals surface area contributed by atoms with Crippen LogP contribution in [0.1, 0.15) is 50.5 Å². The lowest BCUT2D eigenvalue weighted by atomic mass is 10.1. The molecule has 0 saturated carbocycles. The van der Waals surface area contributed by atoms with Crippen LogP contribution in [-0.2, 0) is 19.1 Å². The van der Waals surface area contributed by atoms with Crippen LogP contribution in [0.3, 0.4) is 0 Å². The number of hydrogen-bond acceptors (Lipinski definition) is 5. The molecule has 26 heavy (non-hydrogen) atoms. The van der Waals surface area contributed by atoms with Crippen LogP contribution in [0.15, 0.2) is 30.3 Å². The Hall–Kier alpha value is -2.63. The number of nitrogens with zero attached hydrogens (tertiary/aromatic N) is 1. The maximum atomic E-state index is 12.4. The molecule has 0 radical (unpaired) electrons. The lowest BCUT2D eigenvalue weighted by molar-refractivity contribution is -0.157. The predicted molar refractivity (Wildman–Crippen MR) is 99.5 cm³/mol. The van der Waals surface area contributed by atoms with E-state index >= 15 is 0 Å². The molecule has 0 unspecified atom stereocenters. The van der Waals surface area contributed by atoms with Crippen molar-refractivity contribution in [1.82, 2.24) is 4.90 Å². The van der Waals surface area contributed by atoms with Crippen LogP contribution in [0.25, 0.3) is 6.08 Å². The Labute approximate surface area is 154 Å². The summed E-state index contributed by atoms with van der Waals surface area (Å²) < 4.78 is 9.83. The number of amides is 1. The Morgan fingerprint density at radius 3 is 1.96 bits per heavy atom. The molecule has 0 saturated heterocycles. The molecule has 0 aliphatic rings. The van der Waals surface area contributed by atoms with E-state index in [2.05, 4.69) is 4.74 Å². The third-order valence-electron chi connectivity index (χ3n) is 3.75. The van der Waals surface area contributed by atoms with Gasteiger partial charge in [-0.25, -0.2) is 9.59 Å². The second-order valence-corrected chi connectivity index (χ2v) is 6.46. The van der Waals surface area contributed by atoms with Gasteiger partial charge in [-0.1, -0.05) is 12.1 Å². The smallest absolute Gasteiger partial charge is 0.337 e. The van der Waals surface area contributed by atoms with Gasteiger partial charge in [0.1, 0.15) is 0 Å². The Kier molecular flexibility index (Phi) is 8.03. The van der Waals surface area contributed by atoms with Crippen LogP contribution < -0.4 is 0 Å². The van der Waals surface area contributed by atoms with Gasteiger partial charge in [0.2, 0.25) is 0 Å². The number of hydrogen-bond donors (Lipinski definition) is 0. The molecule has 1 rings (SSSR count). The van der Waals surface area contributed by atoms with E-state index in [9.17, 15) is 14.4 Å². The van der Waals surface area contributed by atoms with Gasteiger partial charge in [-0.3, -0.25) is 4.79 Å². The number of carbonyl (C=O) groups excluding carboxylic acids is 3. The molecule has 1 aromatic carbocycles. The minimum absolute atomic E-state index is 0.0209. The number of carbonyl (C=O) groups is 3. The van der Waals surface area contributed by atoms with Crippen molar-refractivity contribution in [2.45, 2.75) is 52.8 Å². The first-order chi connectivity index (χ1) is 12.2. The van der Waals surface area contributed by atoms with Crippen molar-refractivity contribution in [3.63, 3.8) is 0 Å². The highest BCUT2D eigenvalue weighted by Crippen LogP contribution is 2.11. The summed E-state index contributed by atoms with van der Waals surface area (Å²) in [6.45, 7) is 9.25. The van der Waals surface area contributed by atoms with E-state index < -0.39 is 18.0 Å². The van der Waals surface area contributed by atoms with Gasteiger partial charge in [-0.2, -0.15) is 0 Å². The molecule has 6 heteroatoms. The average Bonchev–Trinajstić information content (AvgIpc) is 2.58. The summed E-state index contributed by atoms with van der Waals surface area (Å²) in [5.41, 5.74) is 1.15. The molecule has 0 bridgehead atoms. The number of ether oxygens (including phenoxy) is 2. The number of benzene rings is 1. The predicted octanol–water partition coefficient (Wildman–Crippen LogP) is 3.06. The van der Waals surface area contributed by atoms with Crippen LogP contribution in [0.5, 0.6) is 0 Å². The van der Waals surface area contributed by atoms with Gasteiger partial charge < -0.3 is 14.4 Å². The average molecular weight is 361 g/mol. The van der Waals surface area contributed by atoms with E-state index in [1.165, 1.54) is 13.2 Å². The molecule has 0 N–H and O–H groups in total. The zero-order valence-electron chi connectivity index (χ0n) is 16.2. The fourth-order valence-electron chi connectivity index (χ4n) is 2.59. The van der Waals surface area contributed by atoms with Gasteiger partial charge in [0.05, 0.1) is 12.7 Å². The van der Waals surface area contributed by atoms with Crippen LogP contribution in [0, 0.1) is 0 Å². The quantitative estimate of drug-likeness (QED) is 0.551. The van der Waals surface area contributed by atoms with Crippen molar-refractivity contribution in [3.05, 3.63) is 41.5 Å². The third-order valence-corrected chi connectivity index (χ3v) is 3.75. The van der Waals surface area contributed by atoms with Crippen molar-refractivity contribution in [1.29, 1.82) is 0 Å². The van der Waals surface area contributed by atoms with Crippen molar-refractivity contribution in [2.24, 2.45) is 0 Å². The zero-order chi connectivity index (χ0) is 19.9. The maximum Gasteiger partial charge on any atom is 0.337 e. The molecule has 0 spiro atoms. The largest absolute Gasteiger partial charge is 0.465 e. The number of methoxy groups -OCH3 is 1. The van der Waals surface area contributed by atoms with E-state index in [0.717, 1.165) is 5.56 Å². The minimum atomic E-state index is -0.862. The third kappa shape index (κ3) is 6.02. The Morgan fingerprint density at radius 1 is 0.962 bits per heavy atom. The van der Waals surface area contributed by atoms with Gasteiger partial charge in [0.25, 0.3) is 5.91 Å². The van der Waals surface area contributed by atoms with Gasteiger partial charge >= 0.3 is 11.9 Å². The fraction of sp³-hybridized carbons (Fsp3) is 0.450. The van der Waals surface area contributed by atoms with Gasteiger partial charge in [-0.05, 0) is 58.4 Å². The lowest BCUT2D eigenvalue weighted by Gasteiger charge is -2.32. The highest BCUT2D eigenvalue weighted by Gasteiger charge is 2.27. The van der Waals surface area contributed by atoms with Crippen molar-refractivity contribution >= 4 is 23.9 Å². The molecular weight excluding hydrogens is 334 g/mol. The Morgan fingerprint density at radius 2 is 1.50 bits per heavy atom. The molecule has 1 amide bonds. The molecule has 1 aromatic rings. The molecule has 142 valence electrons. The standard InChI is InChI=1S/C20H27NO5/c1-13(2)21(14(3)4)19(23)15(5)26-18(22)12-9-16-7-10-17(11-8-16)20(24)25-6/h7-15H,1-6H3/b12-9+/t15-/m0/s1. The molecule has 0 aromatic heterocycles. The topological polar surface area (TPSA) is 72.9 Å². The fourth-order valence-corrected chi connectivity index (χ4v) is 2.59. The van der Waals surface area contributed by atoms with Gasteiger partial charge in [-0.15, -0.1) is 0 Å². The van der Waals surface area contributed by atoms with Gasteiger partial charge in [0, 0.05) is 18.2 Å². The monoisotopic (exact) mass is 361 g/mol. The van der Waals surface area contributed by atoms with Crippen LogP contribution >= 0.6 is 0 Å². The second-order valence-electron chi connectivity index (χ2n) is 6.46. The summed E-state index contributed by atoms with van der Waals surface area (Å²) in [5.74, 6) is -1.25. The molecule has 0 fully saturated rings. The summed E-state index contributed by atoms with van der Waals surface area (Å²) in [6.07, 6.45) is 1.95. The van der Waals surface area contributed by atoms with Crippen molar-refractivity contribution < 1.29 is 23.9 Å². The van der Waals surface area contributed by atoms with Crippen LogP contribution in [-0.4, -0.2) is 48.0 Å². The summed E-state index contributed by atoms with van der Waals surface area (Å²) in [4.78, 5) is 37.5. The Balaban J connectivity index is 2.69. The second kappa shape index (κ2) is 9.75. The van der Waals surface area contributed by atoms with E-state index in [1.807, 2.05) is 27.7 Å². The molecule has 0 aliphatic heterocycles. The normalized spacial score (nSPS) is 12.3. The van der Waals surface area contributed by atoms with Crippen molar-refractivity contribution in [2.75, 3.05) is 7.11 Å². The highest BCUT2D eigenvalue weighted by atomic mass is 16.5. The summed E-state index contributed by atoms with van der Waals surface area (Å²) in [5, 5.41) is 0. The van der Waals surface area contributed by atoms with E-state index in [-0.39, 0.29) is 18.0 Å². The molecule has 0 aliphatic carbocycles. The molecule has 6 nitrogen and oxygen atoms in total. The number of rotatable bonds is 7. The highest BCUT2D eigenvalue weighted by molar-refractivity contribution is 5.91. The lowest BCUT2D eigenvalue weighted by Crippen LogP contribution is -2.47. The molecule has 1 atom stereocenters. The first-order valence-corrected chi connectivity index (χ1v) is 8.56. The maximum absolute atomic E-state index is 12.4. The van der Waals surface area contributed by atoms with E-state index in [4.69, 9.17) is 4.74 Å². The summed E-state index contributed by atoms with van der Waals surface area (Å²) in [6, 6.07) is 6.62. The number of esters is 2. The summed E-state index contributed by atoms with van der Waals surface area (Å²) >= 11 is 0. The zero-order valence-corrected chi connectivity index (χ0v) is 16.2. The first kappa shape index (κ1) is 21.4. The van der Waals surface area contributed by atoms with Gasteiger partial charge in [0.15, 0.2) is 6.10 Å². The Bertz CT molecular complexity index is 653. The van der Waals surface area contributed by atoms with Crippen LogP contribution in [0.4, 0.5) is 0 Å². The van der Waals surface area contributed by atoms with Crippen molar-refractivity contribution in [3.8, 4) is 0 Å². The van der Waals surface area contributed by atoms with E-state index in [0.29, 0.717) is 5.56 Å². The first-order valence-electron chi connectivity index (χ1n) is 8.56.